The van der Waals surface area contributed by atoms with Crippen LogP contribution in [0.1, 0.15) is 20.8 Å². The van der Waals surface area contributed by atoms with E-state index >= 15 is 0 Å². The van der Waals surface area contributed by atoms with E-state index in [-0.39, 0.29) is 12.1 Å². The SMILES string of the molecule is CC(NC1COCC1O)C(C)(C)O. The minimum absolute atomic E-state index is 0.0542. The third kappa shape index (κ3) is 2.91. The Labute approximate surface area is 78.9 Å². The van der Waals surface area contributed by atoms with Crippen LogP contribution >= 0.6 is 0 Å². The molecule has 3 unspecified atom stereocenters. The fourth-order valence-corrected chi connectivity index (χ4v) is 1.23. The molecule has 4 heteroatoms. The average Bonchev–Trinajstić information content (AvgIpc) is 2.34. The fourth-order valence-electron chi connectivity index (χ4n) is 1.23. The maximum atomic E-state index is 9.65. The summed E-state index contributed by atoms with van der Waals surface area (Å²) in [6.07, 6.45) is -0.454. The highest BCUT2D eigenvalue weighted by atomic mass is 16.5. The second-order valence-electron chi connectivity index (χ2n) is 4.25. The largest absolute Gasteiger partial charge is 0.389 e. The average molecular weight is 189 g/mol. The summed E-state index contributed by atoms with van der Waals surface area (Å²) in [5, 5.41) is 22.2. The molecule has 0 aromatic heterocycles. The lowest BCUT2D eigenvalue weighted by Gasteiger charge is -2.30. The van der Waals surface area contributed by atoms with Gasteiger partial charge < -0.3 is 20.3 Å². The molecule has 1 aliphatic rings. The molecule has 0 aliphatic carbocycles. The van der Waals surface area contributed by atoms with Gasteiger partial charge in [-0.3, -0.25) is 0 Å². The van der Waals surface area contributed by atoms with Gasteiger partial charge in [0.2, 0.25) is 0 Å². The van der Waals surface area contributed by atoms with Gasteiger partial charge in [-0.15, -0.1) is 0 Å². The zero-order valence-corrected chi connectivity index (χ0v) is 8.45. The summed E-state index contributed by atoms with van der Waals surface area (Å²) in [5.41, 5.74) is -0.775. The number of rotatable bonds is 3. The predicted molar refractivity (Wildman–Crippen MR) is 49.5 cm³/mol. The highest BCUT2D eigenvalue weighted by molar-refractivity contribution is 4.88. The summed E-state index contributed by atoms with van der Waals surface area (Å²) in [6.45, 7) is 6.28. The maximum Gasteiger partial charge on any atom is 0.0948 e. The first-order valence-corrected chi connectivity index (χ1v) is 4.65. The quantitative estimate of drug-likeness (QED) is 0.560. The summed E-state index contributed by atoms with van der Waals surface area (Å²) >= 11 is 0. The highest BCUT2D eigenvalue weighted by Crippen LogP contribution is 2.12. The zero-order chi connectivity index (χ0) is 10.1. The van der Waals surface area contributed by atoms with Crippen LogP contribution in [0, 0.1) is 0 Å². The van der Waals surface area contributed by atoms with Gasteiger partial charge >= 0.3 is 0 Å². The van der Waals surface area contributed by atoms with Gasteiger partial charge in [0.15, 0.2) is 0 Å². The van der Waals surface area contributed by atoms with Crippen molar-refractivity contribution >= 4 is 0 Å². The summed E-state index contributed by atoms with van der Waals surface area (Å²) in [4.78, 5) is 0. The van der Waals surface area contributed by atoms with Crippen molar-refractivity contribution in [1.29, 1.82) is 0 Å². The van der Waals surface area contributed by atoms with Crippen LogP contribution in [0.5, 0.6) is 0 Å². The van der Waals surface area contributed by atoms with Crippen molar-refractivity contribution in [2.45, 2.75) is 44.6 Å². The van der Waals surface area contributed by atoms with E-state index in [0.717, 1.165) is 0 Å². The summed E-state index contributed by atoms with van der Waals surface area (Å²) in [6, 6.07) is -0.115. The summed E-state index contributed by atoms with van der Waals surface area (Å²) in [5.74, 6) is 0. The summed E-state index contributed by atoms with van der Waals surface area (Å²) in [7, 11) is 0. The van der Waals surface area contributed by atoms with Crippen LogP contribution in [0.4, 0.5) is 0 Å². The third-order valence-corrected chi connectivity index (χ3v) is 2.57. The molecule has 1 aliphatic heterocycles. The van der Waals surface area contributed by atoms with Gasteiger partial charge in [-0.2, -0.15) is 0 Å². The molecule has 1 rings (SSSR count). The third-order valence-electron chi connectivity index (χ3n) is 2.57. The topological polar surface area (TPSA) is 61.7 Å². The molecule has 0 bridgehead atoms. The van der Waals surface area contributed by atoms with E-state index in [1.807, 2.05) is 6.92 Å². The second kappa shape index (κ2) is 3.92. The number of aliphatic hydroxyl groups is 2. The standard InChI is InChI=1S/C9H19NO3/c1-6(9(2,3)12)10-7-4-13-5-8(7)11/h6-8,10-12H,4-5H2,1-3H3. The van der Waals surface area contributed by atoms with Gasteiger partial charge in [0.1, 0.15) is 0 Å². The Balaban J connectivity index is 2.40. The molecule has 1 saturated heterocycles. The number of aliphatic hydroxyl groups excluding tert-OH is 1. The molecule has 3 atom stereocenters. The maximum absolute atomic E-state index is 9.65. The van der Waals surface area contributed by atoms with Crippen LogP contribution in [-0.4, -0.2) is 47.2 Å². The smallest absolute Gasteiger partial charge is 0.0948 e. The molecule has 1 fully saturated rings. The lowest BCUT2D eigenvalue weighted by Crippen LogP contribution is -2.52. The Kier molecular flexibility index (Phi) is 3.29. The van der Waals surface area contributed by atoms with Gasteiger partial charge in [-0.25, -0.2) is 0 Å². The number of hydrogen-bond donors (Lipinski definition) is 3. The number of nitrogens with one attached hydrogen (secondary N) is 1. The van der Waals surface area contributed by atoms with Crippen LogP contribution in [0.15, 0.2) is 0 Å². The lowest BCUT2D eigenvalue weighted by molar-refractivity contribution is 0.0329. The van der Waals surface area contributed by atoms with E-state index < -0.39 is 11.7 Å². The molecule has 0 aromatic carbocycles. The van der Waals surface area contributed by atoms with Crippen molar-refractivity contribution in [1.82, 2.24) is 5.32 Å². The fraction of sp³-hybridized carbons (Fsp3) is 1.00. The monoisotopic (exact) mass is 189 g/mol. The molecule has 4 nitrogen and oxygen atoms in total. The second-order valence-corrected chi connectivity index (χ2v) is 4.25. The first-order valence-electron chi connectivity index (χ1n) is 4.65. The Bertz CT molecular complexity index is 167. The van der Waals surface area contributed by atoms with Crippen molar-refractivity contribution in [2.75, 3.05) is 13.2 Å². The summed E-state index contributed by atoms with van der Waals surface area (Å²) < 4.78 is 5.09. The molecular formula is C9H19NO3. The van der Waals surface area contributed by atoms with Gasteiger partial charge in [0.25, 0.3) is 0 Å². The Morgan fingerprint density at radius 3 is 2.46 bits per heavy atom. The van der Waals surface area contributed by atoms with Gasteiger partial charge in [0, 0.05) is 6.04 Å². The highest BCUT2D eigenvalue weighted by Gasteiger charge is 2.31. The van der Waals surface area contributed by atoms with Gasteiger partial charge in [-0.1, -0.05) is 0 Å². The number of ether oxygens (including phenoxy) is 1. The molecule has 1 heterocycles. The van der Waals surface area contributed by atoms with E-state index in [1.165, 1.54) is 0 Å². The first kappa shape index (κ1) is 10.9. The number of hydrogen-bond acceptors (Lipinski definition) is 4. The van der Waals surface area contributed by atoms with E-state index in [0.29, 0.717) is 13.2 Å². The van der Waals surface area contributed by atoms with Crippen LogP contribution in [0.2, 0.25) is 0 Å². The van der Waals surface area contributed by atoms with Crippen molar-refractivity contribution in [3.8, 4) is 0 Å². The minimum Gasteiger partial charge on any atom is -0.389 e. The molecule has 13 heavy (non-hydrogen) atoms. The van der Waals surface area contributed by atoms with E-state index in [4.69, 9.17) is 4.74 Å². The van der Waals surface area contributed by atoms with Crippen LogP contribution in [0.3, 0.4) is 0 Å². The molecule has 0 spiro atoms. The normalized spacial score (nSPS) is 32.1. The predicted octanol–water partition coefficient (Wildman–Crippen LogP) is -0.505. The minimum atomic E-state index is -0.775. The molecule has 0 aromatic rings. The molecule has 0 radical (unpaired) electrons. The van der Waals surface area contributed by atoms with E-state index in [2.05, 4.69) is 5.32 Å². The Morgan fingerprint density at radius 1 is 1.46 bits per heavy atom. The molecule has 0 amide bonds. The Morgan fingerprint density at radius 2 is 2.08 bits per heavy atom. The molecule has 78 valence electrons. The van der Waals surface area contributed by atoms with Crippen LogP contribution < -0.4 is 5.32 Å². The van der Waals surface area contributed by atoms with Crippen LogP contribution in [0.25, 0.3) is 0 Å². The molecule has 3 N–H and O–H groups in total. The zero-order valence-electron chi connectivity index (χ0n) is 8.45. The van der Waals surface area contributed by atoms with Crippen molar-refractivity contribution in [3.05, 3.63) is 0 Å². The van der Waals surface area contributed by atoms with Gasteiger partial charge in [0.05, 0.1) is 31.0 Å². The van der Waals surface area contributed by atoms with E-state index in [1.54, 1.807) is 13.8 Å². The van der Waals surface area contributed by atoms with E-state index in [9.17, 15) is 10.2 Å². The molecular weight excluding hydrogens is 170 g/mol. The van der Waals surface area contributed by atoms with Gasteiger partial charge in [-0.05, 0) is 20.8 Å². The first-order chi connectivity index (χ1) is 5.91. The van der Waals surface area contributed by atoms with Crippen molar-refractivity contribution in [2.24, 2.45) is 0 Å². The lowest BCUT2D eigenvalue weighted by atomic mass is 9.99. The van der Waals surface area contributed by atoms with Crippen LogP contribution in [-0.2, 0) is 4.74 Å². The Hall–Kier alpha value is -0.160. The van der Waals surface area contributed by atoms with Crippen molar-refractivity contribution < 1.29 is 14.9 Å². The van der Waals surface area contributed by atoms with Crippen molar-refractivity contribution in [3.63, 3.8) is 0 Å². The molecule has 0 saturated carbocycles.